The van der Waals surface area contributed by atoms with E-state index in [1.807, 2.05) is 0 Å². The van der Waals surface area contributed by atoms with E-state index in [4.69, 9.17) is 23.2 Å². The lowest BCUT2D eigenvalue weighted by atomic mass is 10.3. The van der Waals surface area contributed by atoms with E-state index < -0.39 is 11.7 Å². The van der Waals surface area contributed by atoms with Crippen LogP contribution in [-0.2, 0) is 6.18 Å². The number of nitrogens with zero attached hydrogens (tertiary/aromatic N) is 3. The zero-order valence-electron chi connectivity index (χ0n) is 9.96. The minimum absolute atomic E-state index is 0.0940. The normalized spacial score (nSPS) is 15.7. The topological polar surface area (TPSA) is 30.7 Å². The molecule has 2 aromatic heterocycles. The van der Waals surface area contributed by atoms with Crippen molar-refractivity contribution in [1.29, 1.82) is 0 Å². The minimum atomic E-state index is -4.48. The highest BCUT2D eigenvalue weighted by atomic mass is 35.5. The highest BCUT2D eigenvalue weighted by Crippen LogP contribution is 2.40. The Bertz CT molecular complexity index is 662. The molecule has 106 valence electrons. The second-order valence-corrected chi connectivity index (χ2v) is 5.40. The van der Waals surface area contributed by atoms with Gasteiger partial charge in [-0.2, -0.15) is 18.3 Å². The molecule has 0 amide bonds. The molecular weight excluding hydrogens is 314 g/mol. The largest absolute Gasteiger partial charge is 0.417 e. The van der Waals surface area contributed by atoms with Crippen molar-refractivity contribution < 1.29 is 13.2 Å². The Labute approximate surface area is 122 Å². The Hall–Kier alpha value is -1.27. The monoisotopic (exact) mass is 321 g/mol. The zero-order valence-corrected chi connectivity index (χ0v) is 11.5. The van der Waals surface area contributed by atoms with Crippen molar-refractivity contribution in [2.75, 3.05) is 0 Å². The molecule has 3 rings (SSSR count). The second-order valence-electron chi connectivity index (χ2n) is 4.61. The van der Waals surface area contributed by atoms with Crippen molar-refractivity contribution in [1.82, 2.24) is 14.8 Å². The SMILES string of the molecule is FC(F)(F)c1cnc(-n2nc(C3CC3)cc2Cl)c(Cl)c1. The van der Waals surface area contributed by atoms with Gasteiger partial charge in [0.05, 0.1) is 16.3 Å². The van der Waals surface area contributed by atoms with Gasteiger partial charge in [-0.3, -0.25) is 0 Å². The van der Waals surface area contributed by atoms with Gasteiger partial charge in [-0.05, 0) is 25.0 Å². The molecule has 0 atom stereocenters. The molecule has 3 nitrogen and oxygen atoms in total. The van der Waals surface area contributed by atoms with Crippen molar-refractivity contribution in [2.45, 2.75) is 24.9 Å². The maximum absolute atomic E-state index is 12.6. The number of halogens is 5. The van der Waals surface area contributed by atoms with Crippen molar-refractivity contribution in [3.05, 3.63) is 39.8 Å². The molecule has 0 aromatic carbocycles. The van der Waals surface area contributed by atoms with Gasteiger partial charge in [0, 0.05) is 12.1 Å². The van der Waals surface area contributed by atoms with E-state index in [1.165, 1.54) is 4.68 Å². The summed E-state index contributed by atoms with van der Waals surface area (Å²) in [5.41, 5.74) is -0.0929. The summed E-state index contributed by atoms with van der Waals surface area (Å²) >= 11 is 11.9. The Balaban J connectivity index is 2.02. The predicted octanol–water partition coefficient (Wildman–Crippen LogP) is 4.47. The Morgan fingerprint density at radius 3 is 2.45 bits per heavy atom. The number of pyridine rings is 1. The van der Waals surface area contributed by atoms with E-state index in [9.17, 15) is 13.2 Å². The van der Waals surface area contributed by atoms with Gasteiger partial charge in [0.15, 0.2) is 5.82 Å². The van der Waals surface area contributed by atoms with Crippen LogP contribution in [-0.4, -0.2) is 14.8 Å². The molecule has 8 heteroatoms. The zero-order chi connectivity index (χ0) is 14.5. The first kappa shape index (κ1) is 13.7. The molecule has 1 saturated carbocycles. The molecule has 0 N–H and O–H groups in total. The number of rotatable bonds is 2. The predicted molar refractivity (Wildman–Crippen MR) is 68.4 cm³/mol. The van der Waals surface area contributed by atoms with Gasteiger partial charge in [0.25, 0.3) is 0 Å². The van der Waals surface area contributed by atoms with Crippen molar-refractivity contribution in [3.63, 3.8) is 0 Å². The van der Waals surface area contributed by atoms with Gasteiger partial charge >= 0.3 is 6.18 Å². The smallest absolute Gasteiger partial charge is 0.235 e. The summed E-state index contributed by atoms with van der Waals surface area (Å²) in [5, 5.41) is 4.38. The summed E-state index contributed by atoms with van der Waals surface area (Å²) in [4.78, 5) is 3.73. The van der Waals surface area contributed by atoms with Crippen LogP contribution >= 0.6 is 23.2 Å². The summed E-state index contributed by atoms with van der Waals surface area (Å²) in [6.07, 6.45) is -1.68. The van der Waals surface area contributed by atoms with Crippen molar-refractivity contribution >= 4 is 23.2 Å². The quantitative estimate of drug-likeness (QED) is 0.817. The van der Waals surface area contributed by atoms with Gasteiger partial charge in [-0.15, -0.1) is 0 Å². The van der Waals surface area contributed by atoms with Crippen LogP contribution in [0.4, 0.5) is 13.2 Å². The molecule has 0 radical (unpaired) electrons. The summed E-state index contributed by atoms with van der Waals surface area (Å²) < 4.78 is 38.9. The molecule has 20 heavy (non-hydrogen) atoms. The van der Waals surface area contributed by atoms with Crippen LogP contribution in [0.3, 0.4) is 0 Å². The first-order valence-electron chi connectivity index (χ1n) is 5.85. The van der Waals surface area contributed by atoms with Crippen molar-refractivity contribution in [2.24, 2.45) is 0 Å². The second kappa shape index (κ2) is 4.63. The van der Waals surface area contributed by atoms with E-state index in [0.717, 1.165) is 30.8 Å². The average molecular weight is 322 g/mol. The van der Waals surface area contributed by atoms with E-state index in [0.29, 0.717) is 5.92 Å². The van der Waals surface area contributed by atoms with Crippen molar-refractivity contribution in [3.8, 4) is 5.82 Å². The fraction of sp³-hybridized carbons (Fsp3) is 0.333. The number of aromatic nitrogens is 3. The van der Waals surface area contributed by atoms with E-state index >= 15 is 0 Å². The molecule has 1 aliphatic rings. The van der Waals surface area contributed by atoms with Gasteiger partial charge in [0.2, 0.25) is 0 Å². The molecule has 2 heterocycles. The molecule has 0 spiro atoms. The number of alkyl halides is 3. The number of hydrogen-bond donors (Lipinski definition) is 0. The molecule has 0 aliphatic heterocycles. The van der Waals surface area contributed by atoms with Crippen LogP contribution in [0.5, 0.6) is 0 Å². The summed E-state index contributed by atoms with van der Waals surface area (Å²) in [5.74, 6) is 0.471. The molecule has 0 saturated heterocycles. The molecule has 0 bridgehead atoms. The highest BCUT2D eigenvalue weighted by Gasteiger charge is 2.32. The van der Waals surface area contributed by atoms with Gasteiger partial charge in [-0.25, -0.2) is 9.67 Å². The highest BCUT2D eigenvalue weighted by molar-refractivity contribution is 6.33. The van der Waals surface area contributed by atoms with Crippen LogP contribution in [0.1, 0.15) is 30.0 Å². The lowest BCUT2D eigenvalue weighted by Crippen LogP contribution is -2.08. The minimum Gasteiger partial charge on any atom is -0.235 e. The van der Waals surface area contributed by atoms with Gasteiger partial charge in [-0.1, -0.05) is 23.2 Å². The van der Waals surface area contributed by atoms with E-state index in [1.54, 1.807) is 6.07 Å². The molecular formula is C12H8Cl2F3N3. The molecule has 2 aromatic rings. The summed E-state index contributed by atoms with van der Waals surface area (Å²) in [6, 6.07) is 2.51. The summed E-state index contributed by atoms with van der Waals surface area (Å²) in [7, 11) is 0. The van der Waals surface area contributed by atoms with E-state index in [2.05, 4.69) is 10.1 Å². The van der Waals surface area contributed by atoms with Crippen LogP contribution in [0.15, 0.2) is 18.3 Å². The van der Waals surface area contributed by atoms with Gasteiger partial charge in [0.1, 0.15) is 5.15 Å². The fourth-order valence-corrected chi connectivity index (χ4v) is 2.32. The molecule has 1 fully saturated rings. The third-order valence-electron chi connectivity index (χ3n) is 3.03. The first-order valence-corrected chi connectivity index (χ1v) is 6.60. The van der Waals surface area contributed by atoms with E-state index in [-0.39, 0.29) is 16.0 Å². The average Bonchev–Trinajstić information content (AvgIpc) is 3.12. The van der Waals surface area contributed by atoms with Gasteiger partial charge < -0.3 is 0 Å². The third-order valence-corrected chi connectivity index (χ3v) is 3.58. The Kier molecular flexibility index (Phi) is 3.17. The Morgan fingerprint density at radius 2 is 1.90 bits per heavy atom. The third kappa shape index (κ3) is 2.50. The van der Waals surface area contributed by atoms with Crippen LogP contribution < -0.4 is 0 Å². The first-order chi connectivity index (χ1) is 9.36. The van der Waals surface area contributed by atoms with Crippen LogP contribution in [0.2, 0.25) is 10.2 Å². The molecule has 1 aliphatic carbocycles. The lowest BCUT2D eigenvalue weighted by molar-refractivity contribution is -0.137. The number of hydrogen-bond acceptors (Lipinski definition) is 2. The maximum atomic E-state index is 12.6. The Morgan fingerprint density at radius 1 is 1.20 bits per heavy atom. The fourth-order valence-electron chi connectivity index (χ4n) is 1.84. The lowest BCUT2D eigenvalue weighted by Gasteiger charge is -2.09. The van der Waals surface area contributed by atoms with Crippen LogP contribution in [0.25, 0.3) is 5.82 Å². The standard InChI is InChI=1S/C12H8Cl2F3N3/c13-8-3-7(12(15,16)17)5-18-11(8)20-10(14)4-9(19-20)6-1-2-6/h3-6H,1-2H2. The maximum Gasteiger partial charge on any atom is 0.417 e. The molecule has 0 unspecified atom stereocenters. The summed E-state index contributed by atoms with van der Waals surface area (Å²) in [6.45, 7) is 0. The van der Waals surface area contributed by atoms with Crippen LogP contribution in [0, 0.1) is 0 Å².